The first kappa shape index (κ1) is 19.4. The molecule has 27 heavy (non-hydrogen) atoms. The summed E-state index contributed by atoms with van der Waals surface area (Å²) in [5.41, 5.74) is 2.08. The highest BCUT2D eigenvalue weighted by Crippen LogP contribution is 2.23. The van der Waals surface area contributed by atoms with Crippen LogP contribution in [0.2, 0.25) is 0 Å². The number of benzene rings is 2. The quantitative estimate of drug-likeness (QED) is 0.618. The Morgan fingerprint density at radius 3 is 2.52 bits per heavy atom. The van der Waals surface area contributed by atoms with Gasteiger partial charge in [-0.15, -0.1) is 0 Å². The number of aromatic nitrogens is 2. The normalized spacial score (nSPS) is 12.4. The number of halogens is 2. The van der Waals surface area contributed by atoms with Crippen LogP contribution in [-0.2, 0) is 4.79 Å². The summed E-state index contributed by atoms with van der Waals surface area (Å²) in [4.78, 5) is 30.4. The number of amides is 1. The van der Waals surface area contributed by atoms with Crippen LogP contribution in [0.1, 0.15) is 24.4 Å². The molecule has 0 radical (unpaired) electrons. The van der Waals surface area contributed by atoms with Gasteiger partial charge in [0.2, 0.25) is 0 Å². The van der Waals surface area contributed by atoms with Gasteiger partial charge in [0, 0.05) is 7.05 Å². The Bertz CT molecular complexity index is 1060. The van der Waals surface area contributed by atoms with Gasteiger partial charge >= 0.3 is 0 Å². The third-order valence-corrected chi connectivity index (χ3v) is 4.92. The molecule has 0 saturated carbocycles. The van der Waals surface area contributed by atoms with Gasteiger partial charge in [0.15, 0.2) is 4.84 Å². The summed E-state index contributed by atoms with van der Waals surface area (Å²) in [6.45, 7) is 3.74. The smallest absolute Gasteiger partial charge is 0.266 e. The minimum Gasteiger partial charge on any atom is -0.333 e. The fraction of sp³-hybridized carbons (Fsp3) is 0.250. The first-order valence-corrected chi connectivity index (χ1v) is 9.32. The first-order valence-electron chi connectivity index (χ1n) is 8.45. The van der Waals surface area contributed by atoms with Crippen LogP contribution in [-0.4, -0.2) is 32.2 Å². The predicted molar refractivity (Wildman–Crippen MR) is 109 cm³/mol. The van der Waals surface area contributed by atoms with Crippen LogP contribution in [0.25, 0.3) is 16.6 Å². The van der Waals surface area contributed by atoms with Crippen molar-refractivity contribution in [2.24, 2.45) is 0 Å². The molecule has 0 bridgehead atoms. The highest BCUT2D eigenvalue weighted by Gasteiger charge is 2.26. The zero-order chi connectivity index (χ0) is 19.7. The molecule has 0 aliphatic heterocycles. The van der Waals surface area contributed by atoms with Gasteiger partial charge in [0.25, 0.3) is 11.5 Å². The second kappa shape index (κ2) is 7.71. The molecular weight excluding hydrogens is 385 g/mol. The van der Waals surface area contributed by atoms with E-state index in [-0.39, 0.29) is 5.56 Å². The van der Waals surface area contributed by atoms with Gasteiger partial charge in [-0.25, -0.2) is 4.98 Å². The molecule has 0 spiro atoms. The van der Waals surface area contributed by atoms with Crippen molar-refractivity contribution in [3.05, 3.63) is 70.3 Å². The number of carbonyl (C=O) groups excluding carboxylic acids is 1. The largest absolute Gasteiger partial charge is 0.333 e. The van der Waals surface area contributed by atoms with Crippen LogP contribution >= 0.6 is 23.2 Å². The average molecular weight is 404 g/mol. The molecule has 0 saturated heterocycles. The van der Waals surface area contributed by atoms with Crippen LogP contribution < -0.4 is 5.56 Å². The van der Waals surface area contributed by atoms with Crippen LogP contribution in [0.3, 0.4) is 0 Å². The van der Waals surface area contributed by atoms with E-state index in [2.05, 4.69) is 4.98 Å². The lowest BCUT2D eigenvalue weighted by molar-refractivity contribution is -0.130. The van der Waals surface area contributed by atoms with Gasteiger partial charge in [-0.3, -0.25) is 14.2 Å². The van der Waals surface area contributed by atoms with E-state index in [9.17, 15) is 9.59 Å². The van der Waals surface area contributed by atoms with Gasteiger partial charge < -0.3 is 4.90 Å². The molecule has 5 nitrogen and oxygen atoms in total. The zero-order valence-electron chi connectivity index (χ0n) is 15.2. The van der Waals surface area contributed by atoms with E-state index in [1.807, 2.05) is 37.3 Å². The lowest BCUT2D eigenvalue weighted by atomic mass is 10.1. The number of hydrogen-bond acceptors (Lipinski definition) is 3. The number of hydrogen-bond donors (Lipinski definition) is 0. The van der Waals surface area contributed by atoms with E-state index < -0.39 is 16.8 Å². The van der Waals surface area contributed by atoms with Crippen molar-refractivity contribution in [3.63, 3.8) is 0 Å². The molecule has 0 aliphatic rings. The Labute approximate surface area is 167 Å². The minimum absolute atomic E-state index is 0.192. The Hall–Kier alpha value is -2.37. The number of carbonyl (C=O) groups is 1. The molecule has 0 aliphatic carbocycles. The predicted octanol–water partition coefficient (Wildman–Crippen LogP) is 4.02. The topological polar surface area (TPSA) is 55.2 Å². The molecule has 7 heteroatoms. The van der Waals surface area contributed by atoms with Crippen molar-refractivity contribution in [3.8, 4) is 5.69 Å². The SMILES string of the molecule is Cc1cccc(-n2c([C@@H](C)N(C)C(=O)C(Cl)Cl)nc3ccccc3c2=O)c1. The number of aryl methyl sites for hydroxylation is 1. The van der Waals surface area contributed by atoms with Crippen molar-refractivity contribution in [1.82, 2.24) is 14.5 Å². The molecule has 140 valence electrons. The summed E-state index contributed by atoms with van der Waals surface area (Å²) < 4.78 is 1.54. The number of rotatable bonds is 4. The Balaban J connectivity index is 2.29. The standard InChI is InChI=1S/C20H19Cl2N3O2/c1-12-7-6-8-14(11-12)25-18(13(2)24(3)20(27)17(21)22)23-16-10-5-4-9-15(16)19(25)26/h4-11,13,17H,1-3H3/t13-/m1/s1. The zero-order valence-corrected chi connectivity index (χ0v) is 16.7. The molecule has 3 aromatic rings. The molecule has 3 rings (SSSR count). The van der Waals surface area contributed by atoms with E-state index in [1.165, 1.54) is 4.90 Å². The summed E-state index contributed by atoms with van der Waals surface area (Å²) in [6, 6.07) is 14.2. The van der Waals surface area contributed by atoms with Gasteiger partial charge in [-0.05, 0) is 43.7 Å². The highest BCUT2D eigenvalue weighted by molar-refractivity contribution is 6.53. The molecule has 1 heterocycles. The van der Waals surface area contributed by atoms with Crippen LogP contribution in [0.5, 0.6) is 0 Å². The molecular formula is C20H19Cl2N3O2. The van der Waals surface area contributed by atoms with Gasteiger partial charge in [-0.1, -0.05) is 47.5 Å². The highest BCUT2D eigenvalue weighted by atomic mass is 35.5. The van der Waals surface area contributed by atoms with Gasteiger partial charge in [0.05, 0.1) is 22.6 Å². The molecule has 1 atom stereocenters. The summed E-state index contributed by atoms with van der Waals surface area (Å²) in [5, 5.41) is 0.511. The number of nitrogens with zero attached hydrogens (tertiary/aromatic N) is 3. The van der Waals surface area contributed by atoms with E-state index in [1.54, 1.807) is 36.7 Å². The first-order chi connectivity index (χ1) is 12.8. The maximum Gasteiger partial charge on any atom is 0.266 e. The van der Waals surface area contributed by atoms with Crippen molar-refractivity contribution in [2.75, 3.05) is 7.05 Å². The number of para-hydroxylation sites is 1. The summed E-state index contributed by atoms with van der Waals surface area (Å²) in [6.07, 6.45) is 0. The fourth-order valence-corrected chi connectivity index (χ4v) is 3.27. The lowest BCUT2D eigenvalue weighted by Gasteiger charge is -2.27. The van der Waals surface area contributed by atoms with Gasteiger partial charge in [0.1, 0.15) is 5.82 Å². The van der Waals surface area contributed by atoms with Crippen LogP contribution in [0.15, 0.2) is 53.3 Å². The molecule has 0 N–H and O–H groups in total. The molecule has 1 aromatic heterocycles. The Kier molecular flexibility index (Phi) is 5.53. The third-order valence-electron chi connectivity index (χ3n) is 4.55. The average Bonchev–Trinajstić information content (AvgIpc) is 2.66. The lowest BCUT2D eigenvalue weighted by Crippen LogP contribution is -2.37. The van der Waals surface area contributed by atoms with Crippen LogP contribution in [0, 0.1) is 6.92 Å². The van der Waals surface area contributed by atoms with Gasteiger partial charge in [-0.2, -0.15) is 0 Å². The monoisotopic (exact) mass is 403 g/mol. The Morgan fingerprint density at radius 1 is 1.15 bits per heavy atom. The van der Waals surface area contributed by atoms with Crippen molar-refractivity contribution < 1.29 is 4.79 Å². The van der Waals surface area contributed by atoms with E-state index in [0.717, 1.165) is 5.56 Å². The third kappa shape index (κ3) is 3.70. The molecule has 2 aromatic carbocycles. The molecule has 1 amide bonds. The maximum atomic E-state index is 13.3. The minimum atomic E-state index is -1.18. The number of alkyl halides is 2. The number of fused-ring (bicyclic) bond motifs is 1. The van der Waals surface area contributed by atoms with E-state index in [4.69, 9.17) is 23.2 Å². The second-order valence-electron chi connectivity index (χ2n) is 6.39. The molecule has 0 unspecified atom stereocenters. The van der Waals surface area contributed by atoms with Crippen LogP contribution in [0.4, 0.5) is 0 Å². The maximum absolute atomic E-state index is 13.3. The summed E-state index contributed by atoms with van der Waals surface area (Å²) in [5.74, 6) is -0.0156. The summed E-state index contributed by atoms with van der Waals surface area (Å²) >= 11 is 11.5. The van der Waals surface area contributed by atoms with Crippen molar-refractivity contribution >= 4 is 40.0 Å². The van der Waals surface area contributed by atoms with E-state index in [0.29, 0.717) is 22.4 Å². The van der Waals surface area contributed by atoms with Crippen molar-refractivity contribution in [2.45, 2.75) is 24.7 Å². The van der Waals surface area contributed by atoms with Crippen molar-refractivity contribution in [1.29, 1.82) is 0 Å². The van der Waals surface area contributed by atoms with E-state index >= 15 is 0 Å². The summed E-state index contributed by atoms with van der Waals surface area (Å²) in [7, 11) is 1.59. The fourth-order valence-electron chi connectivity index (χ4n) is 2.96. The molecule has 0 fully saturated rings. The Morgan fingerprint density at radius 2 is 1.85 bits per heavy atom. The second-order valence-corrected chi connectivity index (χ2v) is 7.49.